The summed E-state index contributed by atoms with van der Waals surface area (Å²) >= 11 is 0. The average molecular weight is 708 g/mol. The maximum atomic E-state index is 11.2. The Bertz CT molecular complexity index is 1920. The number of aliphatic carboxylic acids is 3. The molecule has 0 bridgehead atoms. The standard InChI is InChI=1S/C39H45N7O6/c47-37(48)19-7-10-22-44-31-16-4-1-13-28(31)40-34(44)25-43(26-35-41-29-14-2-5-17-32(29)45(35)23-11-8-20-38(49)50)27-36-42-30-15-3-6-18-33(30)46(36)24-12-9-21-39(51)52/h1-6,13-18H,7-12,19-27H2,(H,47,48)(H,49,50)(H,51,52). The van der Waals surface area contributed by atoms with Gasteiger partial charge in [0.15, 0.2) is 0 Å². The van der Waals surface area contributed by atoms with Crippen molar-refractivity contribution in [3.8, 4) is 0 Å². The average Bonchev–Trinajstić information content (AvgIpc) is 3.77. The Morgan fingerprint density at radius 2 is 0.750 bits per heavy atom. The number of carbonyl (C=O) groups is 3. The van der Waals surface area contributed by atoms with Crippen molar-refractivity contribution >= 4 is 51.0 Å². The SMILES string of the molecule is O=C(O)CCCCn1c(CN(Cc2nc3ccccc3n2CCCCC(=O)O)Cc2nc3ccccc3n2CCCCC(=O)O)nc2ccccc21. The molecule has 0 amide bonds. The van der Waals surface area contributed by atoms with E-state index in [9.17, 15) is 29.7 Å². The molecule has 0 aliphatic heterocycles. The lowest BCUT2D eigenvalue weighted by atomic mass is 10.2. The van der Waals surface area contributed by atoms with E-state index in [0.29, 0.717) is 77.8 Å². The molecule has 0 radical (unpaired) electrons. The predicted molar refractivity (Wildman–Crippen MR) is 197 cm³/mol. The highest BCUT2D eigenvalue weighted by Gasteiger charge is 2.22. The maximum absolute atomic E-state index is 11.2. The first-order chi connectivity index (χ1) is 25.3. The van der Waals surface area contributed by atoms with Crippen molar-refractivity contribution in [1.29, 1.82) is 0 Å². The number of hydrogen-bond acceptors (Lipinski definition) is 7. The van der Waals surface area contributed by atoms with E-state index in [4.69, 9.17) is 15.0 Å². The van der Waals surface area contributed by atoms with Crippen molar-refractivity contribution in [3.05, 3.63) is 90.3 Å². The van der Waals surface area contributed by atoms with Gasteiger partial charge in [-0.2, -0.15) is 0 Å². The van der Waals surface area contributed by atoms with E-state index in [1.807, 2.05) is 72.8 Å². The Kier molecular flexibility index (Phi) is 11.9. The summed E-state index contributed by atoms with van der Waals surface area (Å²) in [5, 5.41) is 27.7. The van der Waals surface area contributed by atoms with Gasteiger partial charge in [0.25, 0.3) is 0 Å². The van der Waals surface area contributed by atoms with E-state index in [0.717, 1.165) is 50.6 Å². The molecule has 0 atom stereocenters. The van der Waals surface area contributed by atoms with Crippen molar-refractivity contribution in [3.63, 3.8) is 0 Å². The first-order valence-corrected chi connectivity index (χ1v) is 18.0. The molecule has 3 heterocycles. The molecule has 0 saturated heterocycles. The zero-order valence-electron chi connectivity index (χ0n) is 29.2. The number of benzene rings is 3. The molecular formula is C39H45N7O6. The summed E-state index contributed by atoms with van der Waals surface area (Å²) < 4.78 is 6.57. The molecule has 13 heteroatoms. The van der Waals surface area contributed by atoms with Crippen LogP contribution in [0.4, 0.5) is 0 Å². The third kappa shape index (κ3) is 9.02. The Morgan fingerprint density at radius 1 is 0.462 bits per heavy atom. The van der Waals surface area contributed by atoms with Gasteiger partial charge in [0.1, 0.15) is 17.5 Å². The molecule has 0 aliphatic carbocycles. The molecule has 272 valence electrons. The third-order valence-corrected chi connectivity index (χ3v) is 9.36. The second kappa shape index (κ2) is 17.1. The van der Waals surface area contributed by atoms with E-state index >= 15 is 0 Å². The van der Waals surface area contributed by atoms with Gasteiger partial charge >= 0.3 is 17.9 Å². The highest BCUT2D eigenvalue weighted by atomic mass is 16.4. The molecule has 3 aromatic carbocycles. The Balaban J connectivity index is 1.37. The summed E-state index contributed by atoms with van der Waals surface area (Å²) in [6.45, 7) is 3.25. The van der Waals surface area contributed by atoms with Crippen LogP contribution in [0.2, 0.25) is 0 Å². The number of carboxylic acids is 3. The predicted octanol–water partition coefficient (Wildman–Crippen LogP) is 6.70. The summed E-state index contributed by atoms with van der Waals surface area (Å²) in [6.07, 6.45) is 4.08. The quantitative estimate of drug-likeness (QED) is 0.0685. The van der Waals surface area contributed by atoms with Gasteiger partial charge in [0.2, 0.25) is 0 Å². The molecular weight excluding hydrogens is 662 g/mol. The maximum Gasteiger partial charge on any atom is 0.303 e. The first-order valence-electron chi connectivity index (χ1n) is 18.0. The minimum Gasteiger partial charge on any atom is -0.481 e. The Labute approximate surface area is 301 Å². The van der Waals surface area contributed by atoms with Gasteiger partial charge < -0.3 is 29.0 Å². The van der Waals surface area contributed by atoms with Gasteiger partial charge in [-0.15, -0.1) is 0 Å². The summed E-state index contributed by atoms with van der Waals surface area (Å²) in [5.41, 5.74) is 5.57. The Morgan fingerprint density at radius 3 is 1.04 bits per heavy atom. The zero-order chi connectivity index (χ0) is 36.5. The number of rotatable bonds is 21. The summed E-state index contributed by atoms with van der Waals surface area (Å²) in [4.78, 5) is 51.2. The summed E-state index contributed by atoms with van der Waals surface area (Å²) in [7, 11) is 0. The lowest BCUT2D eigenvalue weighted by molar-refractivity contribution is -0.138. The smallest absolute Gasteiger partial charge is 0.303 e. The van der Waals surface area contributed by atoms with E-state index in [2.05, 4.69) is 18.6 Å². The van der Waals surface area contributed by atoms with Crippen LogP contribution in [0.5, 0.6) is 0 Å². The monoisotopic (exact) mass is 707 g/mol. The first kappa shape index (κ1) is 36.2. The number of para-hydroxylation sites is 6. The normalized spacial score (nSPS) is 11.7. The second-order valence-electron chi connectivity index (χ2n) is 13.2. The highest BCUT2D eigenvalue weighted by Crippen LogP contribution is 2.25. The van der Waals surface area contributed by atoms with Crippen molar-refractivity contribution in [2.45, 2.75) is 97.1 Å². The van der Waals surface area contributed by atoms with Crippen LogP contribution in [0.25, 0.3) is 33.1 Å². The van der Waals surface area contributed by atoms with Gasteiger partial charge in [0, 0.05) is 38.9 Å². The Hall–Kier alpha value is -5.56. The molecule has 13 nitrogen and oxygen atoms in total. The number of aromatic nitrogens is 6. The minimum atomic E-state index is -0.807. The largest absolute Gasteiger partial charge is 0.481 e. The van der Waals surface area contributed by atoms with Crippen LogP contribution in [0.15, 0.2) is 72.8 Å². The van der Waals surface area contributed by atoms with Gasteiger partial charge in [-0.25, -0.2) is 15.0 Å². The van der Waals surface area contributed by atoms with Gasteiger partial charge in [-0.1, -0.05) is 36.4 Å². The molecule has 0 saturated carbocycles. The fourth-order valence-electron chi connectivity index (χ4n) is 6.89. The van der Waals surface area contributed by atoms with Crippen LogP contribution in [0.1, 0.15) is 75.3 Å². The number of fused-ring (bicyclic) bond motifs is 3. The van der Waals surface area contributed by atoms with Crippen molar-refractivity contribution in [2.75, 3.05) is 0 Å². The van der Waals surface area contributed by atoms with Crippen LogP contribution >= 0.6 is 0 Å². The molecule has 0 fully saturated rings. The van der Waals surface area contributed by atoms with Crippen LogP contribution in [0.3, 0.4) is 0 Å². The number of unbranched alkanes of at least 4 members (excludes halogenated alkanes) is 3. The molecule has 0 unspecified atom stereocenters. The summed E-state index contributed by atoms with van der Waals surface area (Å²) in [6, 6.07) is 23.9. The topological polar surface area (TPSA) is 169 Å². The molecule has 3 N–H and O–H groups in total. The molecule has 0 aliphatic rings. The van der Waals surface area contributed by atoms with Gasteiger partial charge in [-0.05, 0) is 74.9 Å². The van der Waals surface area contributed by atoms with Crippen LogP contribution < -0.4 is 0 Å². The number of nitrogens with zero attached hydrogens (tertiary/aromatic N) is 7. The molecule has 0 spiro atoms. The molecule has 3 aromatic heterocycles. The van der Waals surface area contributed by atoms with Gasteiger partial charge in [0.05, 0.1) is 52.7 Å². The van der Waals surface area contributed by atoms with Crippen LogP contribution in [0, 0.1) is 0 Å². The molecule has 6 aromatic rings. The zero-order valence-corrected chi connectivity index (χ0v) is 29.2. The van der Waals surface area contributed by atoms with Crippen LogP contribution in [-0.4, -0.2) is 66.8 Å². The fourth-order valence-corrected chi connectivity index (χ4v) is 6.89. The lowest BCUT2D eigenvalue weighted by Crippen LogP contribution is -2.28. The summed E-state index contributed by atoms with van der Waals surface area (Å²) in [5.74, 6) is 0.134. The van der Waals surface area contributed by atoms with Crippen LogP contribution in [-0.2, 0) is 53.7 Å². The molecule has 52 heavy (non-hydrogen) atoms. The van der Waals surface area contributed by atoms with Gasteiger partial charge in [-0.3, -0.25) is 19.3 Å². The second-order valence-corrected chi connectivity index (χ2v) is 13.2. The highest BCUT2D eigenvalue weighted by molar-refractivity contribution is 5.77. The number of hydrogen-bond donors (Lipinski definition) is 3. The number of aryl methyl sites for hydroxylation is 3. The van der Waals surface area contributed by atoms with Crippen molar-refractivity contribution < 1.29 is 29.7 Å². The van der Waals surface area contributed by atoms with Crippen molar-refractivity contribution in [2.24, 2.45) is 0 Å². The lowest BCUT2D eigenvalue weighted by Gasteiger charge is -2.23. The minimum absolute atomic E-state index is 0.111. The number of imidazole rings is 3. The van der Waals surface area contributed by atoms with E-state index in [-0.39, 0.29) is 19.3 Å². The third-order valence-electron chi connectivity index (χ3n) is 9.36. The molecule has 6 rings (SSSR count). The number of carboxylic acid groups (broad SMARTS) is 3. The fraction of sp³-hybridized carbons (Fsp3) is 0.385. The van der Waals surface area contributed by atoms with Crippen molar-refractivity contribution in [1.82, 2.24) is 33.6 Å². The van der Waals surface area contributed by atoms with E-state index in [1.165, 1.54) is 0 Å². The van der Waals surface area contributed by atoms with E-state index in [1.54, 1.807) is 0 Å². The van der Waals surface area contributed by atoms with E-state index < -0.39 is 17.9 Å².